The van der Waals surface area contributed by atoms with Crippen LogP contribution < -0.4 is 5.32 Å². The van der Waals surface area contributed by atoms with Crippen LogP contribution in [0.4, 0.5) is 10.6 Å². The molecule has 2 rings (SSSR count). The van der Waals surface area contributed by atoms with Gasteiger partial charge in [0.05, 0.1) is 12.2 Å². The zero-order chi connectivity index (χ0) is 15.4. The second-order valence-corrected chi connectivity index (χ2v) is 6.06. The van der Waals surface area contributed by atoms with Gasteiger partial charge in [0.2, 0.25) is 0 Å². The highest BCUT2D eigenvalue weighted by Crippen LogP contribution is 2.16. The van der Waals surface area contributed by atoms with Crippen molar-refractivity contribution < 1.29 is 4.79 Å². The van der Waals surface area contributed by atoms with E-state index in [1.54, 1.807) is 28.0 Å². The summed E-state index contributed by atoms with van der Waals surface area (Å²) in [5.41, 5.74) is 0.961. The van der Waals surface area contributed by atoms with Gasteiger partial charge in [0.25, 0.3) is 0 Å². The zero-order valence-corrected chi connectivity index (χ0v) is 13.7. The summed E-state index contributed by atoms with van der Waals surface area (Å²) in [7, 11) is 3.59. The van der Waals surface area contributed by atoms with Crippen LogP contribution in [0.25, 0.3) is 0 Å². The van der Waals surface area contributed by atoms with Gasteiger partial charge in [-0.25, -0.2) is 9.78 Å². The molecule has 0 saturated carbocycles. The Morgan fingerprint density at radius 3 is 2.76 bits per heavy atom. The van der Waals surface area contributed by atoms with Crippen molar-refractivity contribution in [2.24, 2.45) is 7.05 Å². The largest absolute Gasteiger partial charge is 0.323 e. The summed E-state index contributed by atoms with van der Waals surface area (Å²) in [6.07, 6.45) is 3.70. The zero-order valence-electron chi connectivity index (χ0n) is 12.9. The number of urea groups is 1. The van der Waals surface area contributed by atoms with Crippen molar-refractivity contribution in [2.45, 2.75) is 33.2 Å². The Hall–Kier alpha value is -1.89. The van der Waals surface area contributed by atoms with E-state index in [4.69, 9.17) is 0 Å². The second kappa shape index (κ2) is 6.71. The van der Waals surface area contributed by atoms with Crippen LogP contribution in [-0.4, -0.2) is 32.7 Å². The van der Waals surface area contributed by atoms with E-state index >= 15 is 0 Å². The lowest BCUT2D eigenvalue weighted by molar-refractivity contribution is 0.220. The molecule has 114 valence electrons. The van der Waals surface area contributed by atoms with Crippen molar-refractivity contribution >= 4 is 23.2 Å². The molecular weight excluding hydrogens is 286 g/mol. The van der Waals surface area contributed by atoms with Crippen LogP contribution >= 0.6 is 11.3 Å². The number of thiazole rings is 1. The number of amides is 2. The number of rotatable bonds is 5. The molecule has 21 heavy (non-hydrogen) atoms. The molecule has 2 aromatic rings. The minimum absolute atomic E-state index is 0.158. The van der Waals surface area contributed by atoms with Crippen molar-refractivity contribution in [3.63, 3.8) is 0 Å². The second-order valence-electron chi connectivity index (χ2n) is 4.86. The number of anilines is 1. The van der Waals surface area contributed by atoms with E-state index in [2.05, 4.69) is 22.3 Å². The Bertz CT molecular complexity index is 619. The molecule has 2 aromatic heterocycles. The first-order valence-electron chi connectivity index (χ1n) is 7.02. The molecule has 7 heteroatoms. The topological polar surface area (TPSA) is 63.1 Å². The first-order chi connectivity index (χ1) is 10.0. The Labute approximate surface area is 128 Å². The maximum atomic E-state index is 12.2. The standard InChI is InChI=1S/C14H21N5OS/c1-5-10-7-12(19(4)17-10)16-14(20)18(3)9-13-15-8-11(6-2)21-13/h7-8H,5-6,9H2,1-4H3,(H,16,20). The summed E-state index contributed by atoms with van der Waals surface area (Å²) in [5.74, 6) is 0.706. The van der Waals surface area contributed by atoms with Gasteiger partial charge in [0, 0.05) is 31.2 Å². The number of nitrogens with one attached hydrogen (secondary N) is 1. The molecule has 0 aliphatic rings. The first-order valence-corrected chi connectivity index (χ1v) is 7.83. The quantitative estimate of drug-likeness (QED) is 0.923. The van der Waals surface area contributed by atoms with Gasteiger partial charge in [-0.2, -0.15) is 5.10 Å². The number of aryl methyl sites for hydroxylation is 3. The molecule has 0 unspecified atom stereocenters. The number of aromatic nitrogens is 3. The predicted molar refractivity (Wildman–Crippen MR) is 84.6 cm³/mol. The van der Waals surface area contributed by atoms with E-state index in [1.165, 1.54) is 4.88 Å². The van der Waals surface area contributed by atoms with Crippen LogP contribution in [-0.2, 0) is 26.4 Å². The van der Waals surface area contributed by atoms with E-state index in [1.807, 2.05) is 26.2 Å². The molecule has 0 radical (unpaired) electrons. The molecule has 0 fully saturated rings. The van der Waals surface area contributed by atoms with Crippen molar-refractivity contribution in [1.29, 1.82) is 0 Å². The third-order valence-corrected chi connectivity index (χ3v) is 4.32. The van der Waals surface area contributed by atoms with Crippen LogP contribution in [0.2, 0.25) is 0 Å². The minimum atomic E-state index is -0.158. The Balaban J connectivity index is 1.97. The number of hydrogen-bond donors (Lipinski definition) is 1. The Kier molecular flexibility index (Phi) is 4.95. The van der Waals surface area contributed by atoms with E-state index in [0.717, 1.165) is 23.5 Å². The van der Waals surface area contributed by atoms with Crippen molar-refractivity contribution in [3.05, 3.63) is 27.8 Å². The monoisotopic (exact) mass is 307 g/mol. The highest BCUT2D eigenvalue weighted by Gasteiger charge is 2.14. The van der Waals surface area contributed by atoms with Gasteiger partial charge in [-0.15, -0.1) is 11.3 Å². The van der Waals surface area contributed by atoms with Crippen LogP contribution in [0.15, 0.2) is 12.3 Å². The molecule has 2 amide bonds. The summed E-state index contributed by atoms with van der Waals surface area (Å²) < 4.78 is 1.68. The van der Waals surface area contributed by atoms with Gasteiger partial charge >= 0.3 is 6.03 Å². The summed E-state index contributed by atoms with van der Waals surface area (Å²) in [6, 6.07) is 1.73. The van der Waals surface area contributed by atoms with Crippen molar-refractivity contribution in [3.8, 4) is 0 Å². The number of carbonyl (C=O) groups excluding carboxylic acids is 1. The first kappa shape index (κ1) is 15.5. The van der Waals surface area contributed by atoms with Crippen LogP contribution in [0.5, 0.6) is 0 Å². The molecular formula is C14H21N5OS. The highest BCUT2D eigenvalue weighted by molar-refractivity contribution is 7.11. The van der Waals surface area contributed by atoms with Gasteiger partial charge in [-0.1, -0.05) is 13.8 Å². The molecule has 2 heterocycles. The van der Waals surface area contributed by atoms with Gasteiger partial charge in [0.15, 0.2) is 0 Å². The van der Waals surface area contributed by atoms with E-state index in [9.17, 15) is 4.79 Å². The maximum Gasteiger partial charge on any atom is 0.323 e. The fraction of sp³-hybridized carbons (Fsp3) is 0.500. The SMILES string of the molecule is CCc1cc(NC(=O)N(C)Cc2ncc(CC)s2)n(C)n1. The van der Waals surface area contributed by atoms with E-state index in [-0.39, 0.29) is 6.03 Å². The van der Waals surface area contributed by atoms with E-state index < -0.39 is 0 Å². The van der Waals surface area contributed by atoms with Crippen molar-refractivity contribution in [1.82, 2.24) is 19.7 Å². The average Bonchev–Trinajstić information content (AvgIpc) is 3.05. The normalized spacial score (nSPS) is 10.7. The molecule has 0 bridgehead atoms. The van der Waals surface area contributed by atoms with Gasteiger partial charge in [-0.05, 0) is 12.8 Å². The number of nitrogens with zero attached hydrogens (tertiary/aromatic N) is 4. The van der Waals surface area contributed by atoms with Gasteiger partial charge in [-0.3, -0.25) is 10.00 Å². The summed E-state index contributed by atoms with van der Waals surface area (Å²) in [4.78, 5) is 19.4. The molecule has 0 aliphatic carbocycles. The Morgan fingerprint density at radius 1 is 1.43 bits per heavy atom. The lowest BCUT2D eigenvalue weighted by Gasteiger charge is -2.16. The molecule has 0 spiro atoms. The Morgan fingerprint density at radius 2 is 2.19 bits per heavy atom. The van der Waals surface area contributed by atoms with Crippen LogP contribution in [0.3, 0.4) is 0 Å². The lowest BCUT2D eigenvalue weighted by Crippen LogP contribution is -2.31. The predicted octanol–water partition coefficient (Wildman–Crippen LogP) is 2.67. The number of carbonyl (C=O) groups is 1. The summed E-state index contributed by atoms with van der Waals surface area (Å²) in [5, 5.41) is 8.13. The average molecular weight is 307 g/mol. The van der Waals surface area contributed by atoms with Crippen LogP contribution in [0.1, 0.15) is 29.4 Å². The smallest absolute Gasteiger partial charge is 0.321 e. The summed E-state index contributed by atoms with van der Waals surface area (Å²) in [6.45, 7) is 4.64. The fourth-order valence-corrected chi connectivity index (χ4v) is 2.80. The van der Waals surface area contributed by atoms with Gasteiger partial charge < -0.3 is 4.90 Å². The van der Waals surface area contributed by atoms with Gasteiger partial charge in [0.1, 0.15) is 10.8 Å². The molecule has 0 aliphatic heterocycles. The molecule has 0 atom stereocenters. The molecule has 0 saturated heterocycles. The molecule has 6 nitrogen and oxygen atoms in total. The highest BCUT2D eigenvalue weighted by atomic mass is 32.1. The molecule has 0 aromatic carbocycles. The third kappa shape index (κ3) is 3.81. The molecule has 1 N–H and O–H groups in total. The van der Waals surface area contributed by atoms with Crippen LogP contribution in [0, 0.1) is 0 Å². The third-order valence-electron chi connectivity index (χ3n) is 3.20. The lowest BCUT2D eigenvalue weighted by atomic mass is 10.3. The summed E-state index contributed by atoms with van der Waals surface area (Å²) >= 11 is 1.65. The number of hydrogen-bond acceptors (Lipinski definition) is 4. The van der Waals surface area contributed by atoms with Crippen molar-refractivity contribution in [2.75, 3.05) is 12.4 Å². The fourth-order valence-electron chi connectivity index (χ4n) is 1.88. The van der Waals surface area contributed by atoms with E-state index in [0.29, 0.717) is 12.4 Å². The maximum absolute atomic E-state index is 12.2. The minimum Gasteiger partial charge on any atom is -0.321 e.